The van der Waals surface area contributed by atoms with Gasteiger partial charge in [0.2, 0.25) is 0 Å². The van der Waals surface area contributed by atoms with Crippen LogP contribution >= 0.6 is 43.5 Å². The zero-order valence-electron chi connectivity index (χ0n) is 9.81. The molecule has 0 bridgehead atoms. The maximum Gasteiger partial charge on any atom is 0.0873 e. The molecule has 2 rings (SSSR count). The molecule has 0 aliphatic heterocycles. The number of nitrogens with zero attached hydrogens (tertiary/aromatic N) is 1. The van der Waals surface area contributed by atoms with E-state index >= 15 is 0 Å². The summed E-state index contributed by atoms with van der Waals surface area (Å²) in [5.41, 5.74) is 1.88. The lowest BCUT2D eigenvalue weighted by Gasteiger charge is -2.19. The van der Waals surface area contributed by atoms with Gasteiger partial charge in [-0.05, 0) is 34.1 Å². The molecule has 0 saturated carbocycles. The van der Waals surface area contributed by atoms with Gasteiger partial charge in [0.15, 0.2) is 0 Å². The van der Waals surface area contributed by atoms with Crippen LogP contribution in [-0.2, 0) is 5.41 Å². The largest absolute Gasteiger partial charge is 0.251 e. The summed E-state index contributed by atoms with van der Waals surface area (Å²) in [7, 11) is 0. The molecule has 4 heteroatoms. The van der Waals surface area contributed by atoms with Crippen LogP contribution in [0.1, 0.15) is 26.5 Å². The number of rotatable bonds is 0. The number of benzene rings is 1. The third-order valence-electron chi connectivity index (χ3n) is 2.58. The summed E-state index contributed by atoms with van der Waals surface area (Å²) in [6.07, 6.45) is 0. The minimum atomic E-state index is -0.0143. The zero-order chi connectivity index (χ0) is 12.8. The van der Waals surface area contributed by atoms with E-state index in [0.29, 0.717) is 0 Å². The summed E-state index contributed by atoms with van der Waals surface area (Å²) in [6, 6.07) is 5.89. The number of fused-ring (bicyclic) bond motifs is 1. The molecule has 1 aromatic heterocycles. The van der Waals surface area contributed by atoms with Gasteiger partial charge in [-0.15, -0.1) is 0 Å². The van der Waals surface area contributed by atoms with Crippen molar-refractivity contribution in [1.82, 2.24) is 4.98 Å². The predicted octanol–water partition coefficient (Wildman–Crippen LogP) is 5.71. The Morgan fingerprint density at radius 3 is 2.29 bits per heavy atom. The first-order valence-electron chi connectivity index (χ1n) is 5.25. The van der Waals surface area contributed by atoms with Crippen LogP contribution in [0.5, 0.6) is 0 Å². The highest BCUT2D eigenvalue weighted by molar-refractivity contribution is 9.11. The first-order chi connectivity index (χ1) is 7.80. The molecule has 0 aliphatic rings. The Morgan fingerprint density at radius 2 is 1.71 bits per heavy atom. The fourth-order valence-corrected chi connectivity index (χ4v) is 2.97. The fraction of sp³-hybridized carbons (Fsp3) is 0.308. The lowest BCUT2D eigenvalue weighted by atomic mass is 9.91. The molecule has 0 radical (unpaired) electrons. The molecule has 17 heavy (non-hydrogen) atoms. The van der Waals surface area contributed by atoms with Crippen LogP contribution in [0.15, 0.2) is 27.1 Å². The maximum absolute atomic E-state index is 6.35. The molecule has 0 N–H and O–H groups in total. The number of hydrogen-bond acceptors (Lipinski definition) is 1. The van der Waals surface area contributed by atoms with E-state index in [9.17, 15) is 0 Å². The third kappa shape index (κ3) is 2.51. The van der Waals surface area contributed by atoms with Gasteiger partial charge in [0.25, 0.3) is 0 Å². The molecule has 1 aromatic carbocycles. The van der Waals surface area contributed by atoms with Crippen molar-refractivity contribution in [2.75, 3.05) is 0 Å². The predicted molar refractivity (Wildman–Crippen MR) is 80.9 cm³/mol. The van der Waals surface area contributed by atoms with Crippen LogP contribution in [-0.4, -0.2) is 4.98 Å². The summed E-state index contributed by atoms with van der Waals surface area (Å²) < 4.78 is 1.93. The van der Waals surface area contributed by atoms with Gasteiger partial charge in [-0.1, -0.05) is 48.3 Å². The van der Waals surface area contributed by atoms with Crippen LogP contribution in [0, 0.1) is 0 Å². The van der Waals surface area contributed by atoms with Gasteiger partial charge < -0.3 is 0 Å². The summed E-state index contributed by atoms with van der Waals surface area (Å²) in [5, 5.41) is 1.68. The smallest absolute Gasteiger partial charge is 0.0873 e. The molecule has 0 unspecified atom stereocenters. The first-order valence-corrected chi connectivity index (χ1v) is 7.22. The maximum atomic E-state index is 6.35. The van der Waals surface area contributed by atoms with E-state index in [0.717, 1.165) is 30.6 Å². The Hall–Kier alpha value is -0.120. The van der Waals surface area contributed by atoms with E-state index in [1.54, 1.807) is 0 Å². The molecule has 90 valence electrons. The van der Waals surface area contributed by atoms with Crippen molar-refractivity contribution >= 4 is 54.4 Å². The lowest BCUT2D eigenvalue weighted by molar-refractivity contribution is 0.571. The molecular weight excluding hydrogens is 365 g/mol. The fourth-order valence-electron chi connectivity index (χ4n) is 1.61. The average molecular weight is 378 g/mol. The van der Waals surface area contributed by atoms with E-state index in [1.807, 2.05) is 18.2 Å². The molecule has 2 aromatic rings. The Kier molecular flexibility index (Phi) is 3.54. The molecule has 0 atom stereocenters. The van der Waals surface area contributed by atoms with Gasteiger partial charge in [-0.3, -0.25) is 4.98 Å². The van der Waals surface area contributed by atoms with Gasteiger partial charge in [0.05, 0.1) is 10.5 Å². The molecule has 0 saturated heterocycles. The molecular formula is C13H12Br2ClN. The van der Waals surface area contributed by atoms with E-state index in [4.69, 9.17) is 16.6 Å². The molecule has 1 heterocycles. The highest BCUT2D eigenvalue weighted by Crippen LogP contribution is 2.36. The van der Waals surface area contributed by atoms with Crippen molar-refractivity contribution < 1.29 is 0 Å². The molecule has 0 spiro atoms. The monoisotopic (exact) mass is 375 g/mol. The Balaban J connectivity index is 2.87. The number of halogens is 3. The standard InChI is InChI=1S/C13H12Br2ClN/c1-13(2,3)10-6-9(16)11-7(14)4-5-8(15)12(11)17-10/h4-6H,1-3H3. The summed E-state index contributed by atoms with van der Waals surface area (Å²) in [6.45, 7) is 6.39. The van der Waals surface area contributed by atoms with Crippen molar-refractivity contribution in [2.24, 2.45) is 0 Å². The van der Waals surface area contributed by atoms with Crippen LogP contribution in [0.4, 0.5) is 0 Å². The van der Waals surface area contributed by atoms with Crippen LogP contribution < -0.4 is 0 Å². The quantitative estimate of drug-likeness (QED) is 0.573. The van der Waals surface area contributed by atoms with Gasteiger partial charge >= 0.3 is 0 Å². The normalized spacial score (nSPS) is 12.1. The minimum Gasteiger partial charge on any atom is -0.251 e. The second kappa shape index (κ2) is 4.52. The van der Waals surface area contributed by atoms with E-state index in [2.05, 4.69) is 52.6 Å². The Labute approximate surface area is 123 Å². The second-order valence-electron chi connectivity index (χ2n) is 4.99. The van der Waals surface area contributed by atoms with Crippen molar-refractivity contribution in [2.45, 2.75) is 26.2 Å². The van der Waals surface area contributed by atoms with Gasteiger partial charge in [0, 0.05) is 25.4 Å². The Morgan fingerprint density at radius 1 is 1.12 bits per heavy atom. The molecule has 0 amide bonds. The topological polar surface area (TPSA) is 12.9 Å². The SMILES string of the molecule is CC(C)(C)c1cc(Cl)c2c(Br)ccc(Br)c2n1. The first kappa shape index (κ1) is 13.3. The minimum absolute atomic E-state index is 0.0143. The highest BCUT2D eigenvalue weighted by Gasteiger charge is 2.19. The van der Waals surface area contributed by atoms with Crippen molar-refractivity contribution in [3.63, 3.8) is 0 Å². The molecule has 1 nitrogen and oxygen atoms in total. The summed E-state index contributed by atoms with van der Waals surface area (Å²) in [4.78, 5) is 4.71. The van der Waals surface area contributed by atoms with E-state index < -0.39 is 0 Å². The Bertz CT molecular complexity index is 588. The number of hydrogen-bond donors (Lipinski definition) is 0. The lowest BCUT2D eigenvalue weighted by Crippen LogP contribution is -2.13. The van der Waals surface area contributed by atoms with Crippen LogP contribution in [0.3, 0.4) is 0 Å². The van der Waals surface area contributed by atoms with Crippen LogP contribution in [0.2, 0.25) is 5.02 Å². The van der Waals surface area contributed by atoms with Gasteiger partial charge in [-0.2, -0.15) is 0 Å². The average Bonchev–Trinajstić information content (AvgIpc) is 2.21. The second-order valence-corrected chi connectivity index (χ2v) is 7.11. The summed E-state index contributed by atoms with van der Waals surface area (Å²) >= 11 is 13.4. The van der Waals surface area contributed by atoms with E-state index in [-0.39, 0.29) is 5.41 Å². The van der Waals surface area contributed by atoms with Crippen molar-refractivity contribution in [3.05, 3.63) is 37.9 Å². The van der Waals surface area contributed by atoms with Gasteiger partial charge in [0.1, 0.15) is 0 Å². The van der Waals surface area contributed by atoms with E-state index in [1.165, 1.54) is 0 Å². The highest BCUT2D eigenvalue weighted by atomic mass is 79.9. The van der Waals surface area contributed by atoms with Crippen molar-refractivity contribution in [3.8, 4) is 0 Å². The summed E-state index contributed by atoms with van der Waals surface area (Å²) in [5.74, 6) is 0. The van der Waals surface area contributed by atoms with Crippen molar-refractivity contribution in [1.29, 1.82) is 0 Å². The number of pyridine rings is 1. The zero-order valence-corrected chi connectivity index (χ0v) is 13.7. The molecule has 0 fully saturated rings. The van der Waals surface area contributed by atoms with Gasteiger partial charge in [-0.25, -0.2) is 0 Å². The third-order valence-corrected chi connectivity index (χ3v) is 4.18. The van der Waals surface area contributed by atoms with Crippen LogP contribution in [0.25, 0.3) is 10.9 Å². The molecule has 0 aliphatic carbocycles. The number of aromatic nitrogens is 1.